The number of rotatable bonds is 4. The van der Waals surface area contributed by atoms with Gasteiger partial charge < -0.3 is 9.13 Å². The lowest BCUT2D eigenvalue weighted by Crippen LogP contribution is -1.99. The van der Waals surface area contributed by atoms with E-state index in [-0.39, 0.29) is 0 Å². The predicted octanol–water partition coefficient (Wildman–Crippen LogP) is 11.5. The standard InChI is InChI=1S/C45H25N5/c1-48-34-21-22-43-39(26-34)38-12-4-7-15-42(38)50(43)44-16-8-9-32(28-47)45(44)31-19-17-30(18-20-31)33-23-29(27-46)24-35(25-33)49-40-13-5-2-10-36(40)37-11-3-6-14-41(37)49/h2-26H. The van der Waals surface area contributed by atoms with Crippen LogP contribution in [0.25, 0.3) is 82.1 Å². The summed E-state index contributed by atoms with van der Waals surface area (Å²) in [5, 5.41) is 24.8. The molecular formula is C45H25N5. The summed E-state index contributed by atoms with van der Waals surface area (Å²) in [5.41, 5.74) is 11.3. The fourth-order valence-corrected chi connectivity index (χ4v) is 7.41. The first-order valence-electron chi connectivity index (χ1n) is 16.3. The molecule has 0 amide bonds. The molecular weight excluding hydrogens is 611 g/mol. The molecule has 2 aromatic heterocycles. The number of hydrogen-bond donors (Lipinski definition) is 0. The van der Waals surface area contributed by atoms with E-state index in [0.717, 1.165) is 66.5 Å². The van der Waals surface area contributed by atoms with Crippen molar-refractivity contribution in [2.45, 2.75) is 0 Å². The van der Waals surface area contributed by atoms with Gasteiger partial charge in [0, 0.05) is 27.4 Å². The van der Waals surface area contributed by atoms with E-state index in [4.69, 9.17) is 6.57 Å². The van der Waals surface area contributed by atoms with Crippen molar-refractivity contribution in [2.24, 2.45) is 0 Å². The van der Waals surface area contributed by atoms with E-state index in [1.54, 1.807) is 0 Å². The Kier molecular flexibility index (Phi) is 6.56. The van der Waals surface area contributed by atoms with Gasteiger partial charge in [0.2, 0.25) is 0 Å². The summed E-state index contributed by atoms with van der Waals surface area (Å²) in [6.45, 7) is 7.58. The molecule has 5 nitrogen and oxygen atoms in total. The molecule has 0 aliphatic carbocycles. The van der Waals surface area contributed by atoms with Crippen LogP contribution >= 0.6 is 0 Å². The Labute approximate surface area is 288 Å². The van der Waals surface area contributed by atoms with Gasteiger partial charge in [0.05, 0.1) is 57.6 Å². The molecule has 5 heteroatoms. The van der Waals surface area contributed by atoms with Gasteiger partial charge in [-0.3, -0.25) is 0 Å². The molecule has 0 unspecified atom stereocenters. The van der Waals surface area contributed by atoms with Crippen LogP contribution in [-0.4, -0.2) is 9.13 Å². The number of fused-ring (bicyclic) bond motifs is 6. The Balaban J connectivity index is 1.20. The third-order valence-electron chi connectivity index (χ3n) is 9.58. The maximum atomic E-state index is 10.3. The predicted molar refractivity (Wildman–Crippen MR) is 202 cm³/mol. The maximum absolute atomic E-state index is 10.3. The van der Waals surface area contributed by atoms with Gasteiger partial charge >= 0.3 is 0 Å². The molecule has 0 N–H and O–H groups in total. The molecule has 230 valence electrons. The molecule has 0 bridgehead atoms. The van der Waals surface area contributed by atoms with Crippen LogP contribution in [0.4, 0.5) is 5.69 Å². The Bertz CT molecular complexity index is 2900. The topological polar surface area (TPSA) is 61.8 Å². The minimum Gasteiger partial charge on any atom is -0.309 e. The zero-order valence-corrected chi connectivity index (χ0v) is 26.7. The molecule has 0 atom stereocenters. The first-order chi connectivity index (χ1) is 24.7. The largest absolute Gasteiger partial charge is 0.309 e. The second-order valence-electron chi connectivity index (χ2n) is 12.3. The Morgan fingerprint density at radius 1 is 0.480 bits per heavy atom. The van der Waals surface area contributed by atoms with Crippen molar-refractivity contribution < 1.29 is 0 Å². The van der Waals surface area contributed by atoms with Crippen LogP contribution in [0.1, 0.15) is 11.1 Å². The number of aromatic nitrogens is 2. The molecule has 0 fully saturated rings. The molecule has 9 aromatic rings. The quantitative estimate of drug-likeness (QED) is 0.181. The van der Waals surface area contributed by atoms with Gasteiger partial charge in [0.1, 0.15) is 0 Å². The lowest BCUT2D eigenvalue weighted by Gasteiger charge is -2.16. The Hall–Kier alpha value is -7.39. The highest BCUT2D eigenvalue weighted by Gasteiger charge is 2.19. The summed E-state index contributed by atoms with van der Waals surface area (Å²) in [5.74, 6) is 0. The van der Waals surface area contributed by atoms with Gasteiger partial charge in [-0.25, -0.2) is 4.85 Å². The van der Waals surface area contributed by atoms with Crippen molar-refractivity contribution in [1.29, 1.82) is 10.5 Å². The maximum Gasteiger partial charge on any atom is 0.188 e. The van der Waals surface area contributed by atoms with E-state index in [9.17, 15) is 10.5 Å². The summed E-state index contributed by atoms with van der Waals surface area (Å²) in [6.07, 6.45) is 0. The van der Waals surface area contributed by atoms with E-state index in [1.165, 1.54) is 10.8 Å². The van der Waals surface area contributed by atoms with Crippen LogP contribution in [0.3, 0.4) is 0 Å². The lowest BCUT2D eigenvalue weighted by molar-refractivity contribution is 1.18. The van der Waals surface area contributed by atoms with Crippen LogP contribution in [0.5, 0.6) is 0 Å². The lowest BCUT2D eigenvalue weighted by atomic mass is 9.95. The Morgan fingerprint density at radius 2 is 1.08 bits per heavy atom. The van der Waals surface area contributed by atoms with Gasteiger partial charge in [0.25, 0.3) is 0 Å². The third kappa shape index (κ3) is 4.38. The van der Waals surface area contributed by atoms with Crippen LogP contribution < -0.4 is 0 Å². The zero-order valence-electron chi connectivity index (χ0n) is 26.7. The summed E-state index contributed by atoms with van der Waals surface area (Å²) in [7, 11) is 0. The Morgan fingerprint density at radius 3 is 1.72 bits per heavy atom. The molecule has 0 radical (unpaired) electrons. The first-order valence-corrected chi connectivity index (χ1v) is 16.3. The van der Waals surface area contributed by atoms with Crippen LogP contribution in [0, 0.1) is 29.2 Å². The number of nitriles is 2. The van der Waals surface area contributed by atoms with E-state index >= 15 is 0 Å². The fraction of sp³-hybridized carbons (Fsp3) is 0. The highest BCUT2D eigenvalue weighted by molar-refractivity contribution is 6.11. The average Bonchev–Trinajstić information content (AvgIpc) is 3.70. The SMILES string of the molecule is [C-]#[N+]c1ccc2c(c1)c1ccccc1n2-c1cccc(C#N)c1-c1ccc(-c2cc(C#N)cc(-n3c4ccccc4c4ccccc43)c2)cc1. The average molecular weight is 636 g/mol. The number of benzene rings is 7. The summed E-state index contributed by atoms with van der Waals surface area (Å²) < 4.78 is 4.42. The summed E-state index contributed by atoms with van der Waals surface area (Å²) in [6, 6.07) is 55.5. The minimum absolute atomic E-state index is 0.569. The third-order valence-corrected chi connectivity index (χ3v) is 9.58. The van der Waals surface area contributed by atoms with E-state index in [2.05, 4.69) is 105 Å². The normalized spacial score (nSPS) is 11.1. The molecule has 50 heavy (non-hydrogen) atoms. The first kappa shape index (κ1) is 28.8. The number of nitrogens with zero attached hydrogens (tertiary/aromatic N) is 5. The monoisotopic (exact) mass is 635 g/mol. The van der Waals surface area contributed by atoms with Crippen molar-refractivity contribution in [3.8, 4) is 45.8 Å². The van der Waals surface area contributed by atoms with Gasteiger partial charge in [-0.15, -0.1) is 0 Å². The van der Waals surface area contributed by atoms with Crippen LogP contribution in [0.15, 0.2) is 152 Å². The van der Waals surface area contributed by atoms with E-state index in [0.29, 0.717) is 16.8 Å². The number of hydrogen-bond acceptors (Lipinski definition) is 2. The molecule has 0 saturated heterocycles. The van der Waals surface area contributed by atoms with Gasteiger partial charge in [-0.1, -0.05) is 91.0 Å². The van der Waals surface area contributed by atoms with Gasteiger partial charge in [-0.2, -0.15) is 10.5 Å². The smallest absolute Gasteiger partial charge is 0.188 e. The van der Waals surface area contributed by atoms with Crippen molar-refractivity contribution in [3.05, 3.63) is 174 Å². The second kappa shape index (κ2) is 11.4. The van der Waals surface area contributed by atoms with E-state index in [1.807, 2.05) is 72.8 Å². The molecule has 0 aliphatic rings. The van der Waals surface area contributed by atoms with Crippen molar-refractivity contribution in [1.82, 2.24) is 9.13 Å². The highest BCUT2D eigenvalue weighted by Crippen LogP contribution is 2.40. The van der Waals surface area contributed by atoms with Gasteiger partial charge in [-0.05, 0) is 82.7 Å². The second-order valence-corrected chi connectivity index (χ2v) is 12.3. The van der Waals surface area contributed by atoms with Gasteiger partial charge in [0.15, 0.2) is 5.69 Å². The molecule has 9 rings (SSSR count). The van der Waals surface area contributed by atoms with E-state index < -0.39 is 0 Å². The summed E-state index contributed by atoms with van der Waals surface area (Å²) >= 11 is 0. The van der Waals surface area contributed by atoms with Crippen LogP contribution in [0.2, 0.25) is 0 Å². The molecule has 2 heterocycles. The zero-order chi connectivity index (χ0) is 33.8. The highest BCUT2D eigenvalue weighted by atomic mass is 15.0. The molecule has 0 aliphatic heterocycles. The fourth-order valence-electron chi connectivity index (χ4n) is 7.41. The molecule has 0 spiro atoms. The molecule has 7 aromatic carbocycles. The van der Waals surface area contributed by atoms with Crippen LogP contribution in [-0.2, 0) is 0 Å². The summed E-state index contributed by atoms with van der Waals surface area (Å²) in [4.78, 5) is 3.67. The molecule has 0 saturated carbocycles. The van der Waals surface area contributed by atoms with Crippen molar-refractivity contribution in [3.63, 3.8) is 0 Å². The minimum atomic E-state index is 0.569. The number of para-hydroxylation sites is 3. The van der Waals surface area contributed by atoms with Crippen molar-refractivity contribution >= 4 is 49.3 Å². The van der Waals surface area contributed by atoms with Crippen molar-refractivity contribution in [2.75, 3.05) is 0 Å².